The predicted molar refractivity (Wildman–Crippen MR) is 134 cm³/mol. The molecule has 4 rings (SSSR count). The number of aliphatic hydroxyl groups is 1. The molecule has 9 nitrogen and oxygen atoms in total. The SMILES string of the molecule is CNC(=O)C(c1ccc2c(c1)NC(=O)CS2)[C@H](CN1CC[C@H](O)C1)c1cccc(OCC(N)=O)c1. The molecular weight excluding hydrogens is 468 g/mol. The first-order valence-corrected chi connectivity index (χ1v) is 12.5. The van der Waals surface area contributed by atoms with Gasteiger partial charge >= 0.3 is 0 Å². The molecule has 1 saturated heterocycles. The summed E-state index contributed by atoms with van der Waals surface area (Å²) in [5, 5.41) is 15.8. The fraction of sp³-hybridized carbons (Fsp3) is 0.400. The molecule has 2 aromatic carbocycles. The minimum atomic E-state index is -0.574. The second kappa shape index (κ2) is 11.1. The van der Waals surface area contributed by atoms with Crippen molar-refractivity contribution in [3.8, 4) is 5.75 Å². The number of anilines is 1. The van der Waals surface area contributed by atoms with Gasteiger partial charge in [0.2, 0.25) is 11.8 Å². The Kier molecular flexibility index (Phi) is 7.94. The molecule has 0 radical (unpaired) electrons. The maximum absolute atomic E-state index is 13.3. The highest BCUT2D eigenvalue weighted by molar-refractivity contribution is 8.00. The first kappa shape index (κ1) is 25.0. The van der Waals surface area contributed by atoms with Crippen molar-refractivity contribution in [3.05, 3.63) is 53.6 Å². The summed E-state index contributed by atoms with van der Waals surface area (Å²) in [6.45, 7) is 1.55. The van der Waals surface area contributed by atoms with E-state index in [0.717, 1.165) is 22.6 Å². The molecule has 1 fully saturated rings. The second-order valence-corrected chi connectivity index (χ2v) is 9.84. The van der Waals surface area contributed by atoms with Gasteiger partial charge in [0.05, 0.1) is 23.5 Å². The Hall–Kier alpha value is -3.08. The number of likely N-dealkylation sites (tertiary alicyclic amines) is 1. The van der Waals surface area contributed by atoms with Crippen LogP contribution in [-0.4, -0.2) is 72.9 Å². The molecule has 1 unspecified atom stereocenters. The monoisotopic (exact) mass is 498 g/mol. The van der Waals surface area contributed by atoms with Gasteiger partial charge in [-0.3, -0.25) is 14.4 Å². The van der Waals surface area contributed by atoms with Crippen LogP contribution in [0.3, 0.4) is 0 Å². The number of hydrogen-bond donors (Lipinski definition) is 4. The van der Waals surface area contributed by atoms with Crippen molar-refractivity contribution in [2.24, 2.45) is 5.73 Å². The minimum Gasteiger partial charge on any atom is -0.484 e. The molecule has 2 aliphatic rings. The van der Waals surface area contributed by atoms with Crippen LogP contribution in [0.15, 0.2) is 47.4 Å². The van der Waals surface area contributed by atoms with Crippen molar-refractivity contribution in [2.75, 3.05) is 44.4 Å². The molecule has 2 aliphatic heterocycles. The molecule has 186 valence electrons. The second-order valence-electron chi connectivity index (χ2n) is 8.82. The van der Waals surface area contributed by atoms with E-state index in [1.165, 1.54) is 11.8 Å². The molecule has 3 amide bonds. The number of likely N-dealkylation sites (N-methyl/N-ethyl adjacent to an activating group) is 1. The number of rotatable bonds is 9. The summed E-state index contributed by atoms with van der Waals surface area (Å²) >= 11 is 1.47. The van der Waals surface area contributed by atoms with E-state index in [0.29, 0.717) is 36.7 Å². The average molecular weight is 499 g/mol. The molecule has 0 bridgehead atoms. The zero-order valence-corrected chi connectivity index (χ0v) is 20.3. The highest BCUT2D eigenvalue weighted by Gasteiger charge is 2.35. The maximum Gasteiger partial charge on any atom is 0.255 e. The van der Waals surface area contributed by atoms with E-state index in [-0.39, 0.29) is 24.3 Å². The van der Waals surface area contributed by atoms with Gasteiger partial charge in [0.1, 0.15) is 5.75 Å². The van der Waals surface area contributed by atoms with E-state index in [4.69, 9.17) is 10.5 Å². The first-order chi connectivity index (χ1) is 16.8. The number of primary amides is 1. The van der Waals surface area contributed by atoms with Crippen LogP contribution < -0.4 is 21.1 Å². The van der Waals surface area contributed by atoms with Crippen molar-refractivity contribution >= 4 is 35.2 Å². The topological polar surface area (TPSA) is 134 Å². The number of nitrogens with two attached hydrogens (primary N) is 1. The van der Waals surface area contributed by atoms with Crippen molar-refractivity contribution in [1.29, 1.82) is 0 Å². The van der Waals surface area contributed by atoms with Gasteiger partial charge in [-0.2, -0.15) is 0 Å². The Morgan fingerprint density at radius 2 is 2.11 bits per heavy atom. The van der Waals surface area contributed by atoms with E-state index in [9.17, 15) is 19.5 Å². The molecule has 3 atom stereocenters. The number of nitrogens with zero attached hydrogens (tertiary/aromatic N) is 1. The van der Waals surface area contributed by atoms with Crippen molar-refractivity contribution in [1.82, 2.24) is 10.2 Å². The Morgan fingerprint density at radius 3 is 2.83 bits per heavy atom. The maximum atomic E-state index is 13.3. The molecule has 35 heavy (non-hydrogen) atoms. The van der Waals surface area contributed by atoms with Crippen LogP contribution in [0.1, 0.15) is 29.4 Å². The fourth-order valence-corrected chi connectivity index (χ4v) is 5.45. The lowest BCUT2D eigenvalue weighted by Crippen LogP contribution is -2.36. The summed E-state index contributed by atoms with van der Waals surface area (Å²) in [6, 6.07) is 13.1. The van der Waals surface area contributed by atoms with Crippen LogP contribution in [0.5, 0.6) is 5.75 Å². The Balaban J connectivity index is 1.73. The van der Waals surface area contributed by atoms with Crippen LogP contribution in [0.4, 0.5) is 5.69 Å². The number of benzene rings is 2. The van der Waals surface area contributed by atoms with Crippen molar-refractivity contribution < 1.29 is 24.2 Å². The van der Waals surface area contributed by atoms with Gasteiger partial charge in [0, 0.05) is 37.5 Å². The number of fused-ring (bicyclic) bond motifs is 1. The third kappa shape index (κ3) is 6.14. The summed E-state index contributed by atoms with van der Waals surface area (Å²) < 4.78 is 5.52. The van der Waals surface area contributed by atoms with E-state index in [1.54, 1.807) is 13.1 Å². The third-order valence-electron chi connectivity index (χ3n) is 6.30. The van der Waals surface area contributed by atoms with Gasteiger partial charge in [0.15, 0.2) is 6.61 Å². The number of carbonyl (C=O) groups excluding carboxylic acids is 3. The standard InChI is InChI=1S/C25H30N4O5S/c1-27-25(33)24(16-5-6-21-20(10-16)28-23(32)14-35-21)19(12-29-8-7-17(30)11-29)15-3-2-4-18(9-15)34-13-22(26)31/h2-6,9-10,17,19,24,30H,7-8,11-14H2,1H3,(H2,26,31)(H,27,33)(H,28,32)/t17-,19+,24?/m0/s1. The molecule has 2 heterocycles. The number of ether oxygens (including phenoxy) is 1. The van der Waals surface area contributed by atoms with Crippen molar-refractivity contribution in [3.63, 3.8) is 0 Å². The number of thioether (sulfide) groups is 1. The van der Waals surface area contributed by atoms with Gasteiger partial charge in [-0.25, -0.2) is 0 Å². The number of nitrogens with one attached hydrogen (secondary N) is 2. The molecule has 0 spiro atoms. The van der Waals surface area contributed by atoms with Gasteiger partial charge < -0.3 is 31.1 Å². The van der Waals surface area contributed by atoms with Gasteiger partial charge in [0.25, 0.3) is 5.91 Å². The largest absolute Gasteiger partial charge is 0.484 e. The number of hydrogen-bond acceptors (Lipinski definition) is 7. The highest BCUT2D eigenvalue weighted by atomic mass is 32.2. The van der Waals surface area contributed by atoms with Crippen LogP contribution in [-0.2, 0) is 14.4 Å². The van der Waals surface area contributed by atoms with E-state index in [1.807, 2.05) is 36.4 Å². The molecule has 0 saturated carbocycles. The quantitative estimate of drug-likeness (QED) is 0.409. The highest BCUT2D eigenvalue weighted by Crippen LogP contribution is 2.40. The van der Waals surface area contributed by atoms with E-state index in [2.05, 4.69) is 15.5 Å². The van der Waals surface area contributed by atoms with Crippen LogP contribution in [0, 0.1) is 0 Å². The summed E-state index contributed by atoms with van der Waals surface area (Å²) in [7, 11) is 1.61. The van der Waals surface area contributed by atoms with Crippen molar-refractivity contribution in [2.45, 2.75) is 29.3 Å². The van der Waals surface area contributed by atoms with E-state index < -0.39 is 17.9 Å². The minimum absolute atomic E-state index is 0.0713. The molecule has 0 aliphatic carbocycles. The lowest BCUT2D eigenvalue weighted by Gasteiger charge is -2.31. The molecule has 10 heteroatoms. The summed E-state index contributed by atoms with van der Waals surface area (Å²) in [5.74, 6) is -0.817. The van der Waals surface area contributed by atoms with Crippen LogP contribution >= 0.6 is 11.8 Å². The number of amides is 3. The van der Waals surface area contributed by atoms with Crippen LogP contribution in [0.25, 0.3) is 0 Å². The zero-order valence-electron chi connectivity index (χ0n) is 19.5. The Labute approximate surface area is 208 Å². The smallest absolute Gasteiger partial charge is 0.255 e. The fourth-order valence-electron chi connectivity index (χ4n) is 4.66. The molecule has 0 aromatic heterocycles. The normalized spacial score (nSPS) is 19.4. The molecular formula is C25H30N4O5S. The van der Waals surface area contributed by atoms with Gasteiger partial charge in [-0.1, -0.05) is 18.2 Å². The van der Waals surface area contributed by atoms with E-state index >= 15 is 0 Å². The lowest BCUT2D eigenvalue weighted by molar-refractivity contribution is -0.122. The molecule has 2 aromatic rings. The van der Waals surface area contributed by atoms with Gasteiger partial charge in [-0.15, -0.1) is 11.8 Å². The summed E-state index contributed by atoms with van der Waals surface area (Å²) in [5.41, 5.74) is 7.57. The van der Waals surface area contributed by atoms with Gasteiger partial charge in [-0.05, 0) is 41.8 Å². The Morgan fingerprint density at radius 1 is 1.29 bits per heavy atom. The predicted octanol–water partition coefficient (Wildman–Crippen LogP) is 1.27. The number of aliphatic hydroxyl groups excluding tert-OH is 1. The lowest BCUT2D eigenvalue weighted by atomic mass is 9.80. The first-order valence-electron chi connectivity index (χ1n) is 11.5. The number of β-amino-alcohol motifs (C(OH)–C–C–N with tert-alkyl or cyclic N) is 1. The number of carbonyl (C=O) groups is 3. The Bertz CT molecular complexity index is 1110. The summed E-state index contributed by atoms with van der Waals surface area (Å²) in [6.07, 6.45) is 0.289. The average Bonchev–Trinajstić information content (AvgIpc) is 3.26. The summed E-state index contributed by atoms with van der Waals surface area (Å²) in [4.78, 5) is 39.6. The third-order valence-corrected chi connectivity index (χ3v) is 7.37. The van der Waals surface area contributed by atoms with Crippen LogP contribution in [0.2, 0.25) is 0 Å². The molecule has 5 N–H and O–H groups in total. The zero-order chi connectivity index (χ0) is 24.9.